The van der Waals surface area contributed by atoms with Gasteiger partial charge in [-0.3, -0.25) is 0 Å². The Morgan fingerprint density at radius 3 is 2.64 bits per heavy atom. The lowest BCUT2D eigenvalue weighted by molar-refractivity contribution is 0.269. The third-order valence-electron chi connectivity index (χ3n) is 4.03. The van der Waals surface area contributed by atoms with Gasteiger partial charge in [0.2, 0.25) is 0 Å². The van der Waals surface area contributed by atoms with E-state index in [0.29, 0.717) is 16.7 Å². The van der Waals surface area contributed by atoms with Crippen molar-refractivity contribution in [1.82, 2.24) is 4.90 Å². The second kappa shape index (κ2) is 7.76. The van der Waals surface area contributed by atoms with Gasteiger partial charge in [0.15, 0.2) is 5.11 Å². The summed E-state index contributed by atoms with van der Waals surface area (Å²) in [6.07, 6.45) is 3.32. The first-order valence-corrected chi connectivity index (χ1v) is 8.73. The fraction of sp³-hybridized carbons (Fsp3) is 0.211. The average molecular weight is 375 g/mol. The molecule has 0 aliphatic heterocycles. The predicted molar refractivity (Wildman–Crippen MR) is 104 cm³/mol. The Bertz CT molecular complexity index is 831. The van der Waals surface area contributed by atoms with Crippen molar-refractivity contribution in [2.24, 2.45) is 0 Å². The van der Waals surface area contributed by atoms with E-state index in [0.717, 1.165) is 22.8 Å². The Labute approximate surface area is 157 Å². The molecule has 0 saturated heterocycles. The molecule has 130 valence electrons. The first-order chi connectivity index (χ1) is 12.0. The van der Waals surface area contributed by atoms with E-state index in [-0.39, 0.29) is 6.04 Å². The van der Waals surface area contributed by atoms with Gasteiger partial charge in [-0.2, -0.15) is 0 Å². The molecule has 6 heteroatoms. The fourth-order valence-electron chi connectivity index (χ4n) is 2.55. The van der Waals surface area contributed by atoms with Gasteiger partial charge in [-0.15, -0.1) is 0 Å². The highest BCUT2D eigenvalue weighted by atomic mass is 35.5. The number of thiocarbonyl (C=S) groups is 1. The molecular weight excluding hydrogens is 356 g/mol. The van der Waals surface area contributed by atoms with E-state index in [1.54, 1.807) is 12.5 Å². The molecule has 3 aromatic rings. The van der Waals surface area contributed by atoms with Crippen LogP contribution >= 0.6 is 23.8 Å². The maximum absolute atomic E-state index is 6.11. The first-order valence-electron chi connectivity index (χ1n) is 7.94. The van der Waals surface area contributed by atoms with E-state index in [1.807, 2.05) is 61.2 Å². The Hall–Kier alpha value is -2.24. The monoisotopic (exact) mass is 374 g/mol. The molecule has 0 saturated carbocycles. The molecule has 0 radical (unpaired) electrons. The fourth-order valence-corrected chi connectivity index (χ4v) is 3.06. The molecule has 2 heterocycles. The summed E-state index contributed by atoms with van der Waals surface area (Å²) in [5, 5.41) is 4.53. The van der Waals surface area contributed by atoms with E-state index in [4.69, 9.17) is 32.7 Å². The molecule has 0 amide bonds. The van der Waals surface area contributed by atoms with Crippen LogP contribution in [0.4, 0.5) is 5.69 Å². The van der Waals surface area contributed by atoms with Crippen LogP contribution in [0, 0.1) is 6.92 Å². The summed E-state index contributed by atoms with van der Waals surface area (Å²) in [5.74, 6) is 1.66. The van der Waals surface area contributed by atoms with E-state index in [9.17, 15) is 0 Å². The van der Waals surface area contributed by atoms with E-state index in [2.05, 4.69) is 5.32 Å². The Morgan fingerprint density at radius 1 is 1.20 bits per heavy atom. The topological polar surface area (TPSA) is 41.5 Å². The zero-order valence-corrected chi connectivity index (χ0v) is 15.6. The molecule has 0 bridgehead atoms. The summed E-state index contributed by atoms with van der Waals surface area (Å²) in [6.45, 7) is 4.58. The van der Waals surface area contributed by atoms with Gasteiger partial charge < -0.3 is 19.1 Å². The summed E-state index contributed by atoms with van der Waals surface area (Å²) >= 11 is 11.8. The van der Waals surface area contributed by atoms with Crippen LogP contribution in [0.3, 0.4) is 0 Å². The minimum atomic E-state index is -0.0559. The highest BCUT2D eigenvalue weighted by molar-refractivity contribution is 7.80. The van der Waals surface area contributed by atoms with Crippen molar-refractivity contribution in [3.8, 4) is 0 Å². The number of nitrogens with one attached hydrogen (secondary N) is 1. The van der Waals surface area contributed by atoms with Crippen molar-refractivity contribution in [1.29, 1.82) is 0 Å². The molecule has 2 aromatic heterocycles. The lowest BCUT2D eigenvalue weighted by Crippen LogP contribution is -2.36. The third kappa shape index (κ3) is 4.24. The van der Waals surface area contributed by atoms with Crippen LogP contribution < -0.4 is 5.32 Å². The number of anilines is 1. The highest BCUT2D eigenvalue weighted by Crippen LogP contribution is 2.26. The smallest absolute Gasteiger partial charge is 0.174 e. The van der Waals surface area contributed by atoms with Gasteiger partial charge in [0, 0.05) is 10.7 Å². The zero-order chi connectivity index (χ0) is 17.8. The standard InChI is InChI=1S/C19H19ClN2O2S/c1-13-7-8-15(20)11-17(13)21-19(25)22(12-16-5-3-9-23-16)14(2)18-6-4-10-24-18/h3-11,14H,12H2,1-2H3,(H,21,25)/t14-/m0/s1. The van der Waals surface area contributed by atoms with Crippen molar-refractivity contribution in [2.75, 3.05) is 5.32 Å². The molecule has 0 spiro atoms. The first kappa shape index (κ1) is 17.6. The number of furan rings is 2. The van der Waals surface area contributed by atoms with Crippen LogP contribution in [0.1, 0.15) is 30.0 Å². The molecule has 0 aliphatic carbocycles. The number of halogens is 1. The lowest BCUT2D eigenvalue weighted by atomic mass is 10.2. The van der Waals surface area contributed by atoms with Crippen LogP contribution in [0.5, 0.6) is 0 Å². The SMILES string of the molecule is Cc1ccc(Cl)cc1NC(=S)N(Cc1ccco1)[C@@H](C)c1ccco1. The normalized spacial score (nSPS) is 12.0. The molecular formula is C19H19ClN2O2S. The number of hydrogen-bond acceptors (Lipinski definition) is 3. The Balaban J connectivity index is 1.84. The largest absolute Gasteiger partial charge is 0.467 e. The van der Waals surface area contributed by atoms with Crippen molar-refractivity contribution in [2.45, 2.75) is 26.4 Å². The summed E-state index contributed by atoms with van der Waals surface area (Å²) < 4.78 is 11.1. The predicted octanol–water partition coefficient (Wildman–Crippen LogP) is 5.79. The summed E-state index contributed by atoms with van der Waals surface area (Å²) in [7, 11) is 0. The van der Waals surface area contributed by atoms with Crippen LogP contribution in [0.25, 0.3) is 0 Å². The summed E-state index contributed by atoms with van der Waals surface area (Å²) in [4.78, 5) is 2.02. The molecule has 0 unspecified atom stereocenters. The molecule has 4 nitrogen and oxygen atoms in total. The minimum absolute atomic E-state index is 0.0559. The quantitative estimate of drug-likeness (QED) is 0.572. The third-order valence-corrected chi connectivity index (χ3v) is 4.60. The zero-order valence-electron chi connectivity index (χ0n) is 14.0. The van der Waals surface area contributed by atoms with Crippen molar-refractivity contribution in [3.05, 3.63) is 77.1 Å². The second-order valence-electron chi connectivity index (χ2n) is 5.79. The van der Waals surface area contributed by atoms with Crippen LogP contribution in [0.15, 0.2) is 63.8 Å². The minimum Gasteiger partial charge on any atom is -0.467 e. The average Bonchev–Trinajstić information content (AvgIpc) is 3.28. The number of benzene rings is 1. The maximum Gasteiger partial charge on any atom is 0.174 e. The van der Waals surface area contributed by atoms with Gasteiger partial charge in [0.05, 0.1) is 25.1 Å². The summed E-state index contributed by atoms with van der Waals surface area (Å²) in [5.41, 5.74) is 1.95. The van der Waals surface area contributed by atoms with E-state index in [1.165, 1.54) is 0 Å². The Kier molecular flexibility index (Phi) is 5.46. The number of hydrogen-bond donors (Lipinski definition) is 1. The van der Waals surface area contributed by atoms with Gasteiger partial charge in [0.1, 0.15) is 11.5 Å². The summed E-state index contributed by atoms with van der Waals surface area (Å²) in [6, 6.07) is 13.2. The molecule has 1 N–H and O–H groups in total. The van der Waals surface area contributed by atoms with Gasteiger partial charge in [-0.1, -0.05) is 17.7 Å². The van der Waals surface area contributed by atoms with Crippen LogP contribution in [0.2, 0.25) is 5.02 Å². The maximum atomic E-state index is 6.11. The second-order valence-corrected chi connectivity index (χ2v) is 6.61. The van der Waals surface area contributed by atoms with Gasteiger partial charge in [-0.25, -0.2) is 0 Å². The molecule has 0 fully saturated rings. The van der Waals surface area contributed by atoms with Crippen molar-refractivity contribution in [3.63, 3.8) is 0 Å². The van der Waals surface area contributed by atoms with Crippen molar-refractivity contribution >= 4 is 34.6 Å². The van der Waals surface area contributed by atoms with Crippen molar-refractivity contribution < 1.29 is 8.83 Å². The molecule has 1 aromatic carbocycles. The highest BCUT2D eigenvalue weighted by Gasteiger charge is 2.22. The Morgan fingerprint density at radius 2 is 1.96 bits per heavy atom. The van der Waals surface area contributed by atoms with Crippen LogP contribution in [-0.4, -0.2) is 10.0 Å². The van der Waals surface area contributed by atoms with Gasteiger partial charge in [-0.05, 0) is 68.0 Å². The molecule has 25 heavy (non-hydrogen) atoms. The van der Waals surface area contributed by atoms with Crippen LogP contribution in [-0.2, 0) is 6.54 Å². The lowest BCUT2D eigenvalue weighted by Gasteiger charge is -2.30. The van der Waals surface area contributed by atoms with Gasteiger partial charge in [0.25, 0.3) is 0 Å². The van der Waals surface area contributed by atoms with E-state index < -0.39 is 0 Å². The molecule has 3 rings (SSSR count). The number of aryl methyl sites for hydroxylation is 1. The molecule has 0 aliphatic rings. The molecule has 1 atom stereocenters. The number of nitrogens with zero attached hydrogens (tertiary/aromatic N) is 1. The van der Waals surface area contributed by atoms with E-state index >= 15 is 0 Å². The number of rotatable bonds is 5. The van der Waals surface area contributed by atoms with Gasteiger partial charge >= 0.3 is 0 Å².